The zero-order valence-electron chi connectivity index (χ0n) is 12.8. The number of anilines is 1. The highest BCUT2D eigenvalue weighted by molar-refractivity contribution is 5.46. The number of aryl methyl sites for hydroxylation is 1. The Kier molecular flexibility index (Phi) is 4.93. The van der Waals surface area contributed by atoms with Gasteiger partial charge in [0.25, 0.3) is 0 Å². The second kappa shape index (κ2) is 6.69. The molecule has 0 spiro atoms. The summed E-state index contributed by atoms with van der Waals surface area (Å²) in [6, 6.07) is 3.94. The summed E-state index contributed by atoms with van der Waals surface area (Å²) in [5.41, 5.74) is 9.44. The minimum absolute atomic E-state index is 0.446. The molecule has 2 aromatic rings. The fraction of sp³-hybridized carbons (Fsp3) is 0.467. The van der Waals surface area contributed by atoms with Crippen LogP contribution in [0.15, 0.2) is 24.5 Å². The molecule has 1 atom stereocenters. The molecular weight excluding hydrogens is 266 g/mol. The van der Waals surface area contributed by atoms with E-state index in [1.165, 1.54) is 0 Å². The summed E-state index contributed by atoms with van der Waals surface area (Å²) in [4.78, 5) is 6.16. The molecule has 2 rings (SSSR count). The smallest absolute Gasteiger partial charge is 0.0862 e. The number of nitrogens with two attached hydrogens (primary N) is 1. The molecule has 3 N–H and O–H groups in total. The third kappa shape index (κ3) is 4.03. The number of rotatable bonds is 6. The summed E-state index contributed by atoms with van der Waals surface area (Å²) >= 11 is 0. The summed E-state index contributed by atoms with van der Waals surface area (Å²) in [5, 5.41) is 14.6. The number of hydrogen-bond donors (Lipinski definition) is 2. The quantitative estimate of drug-likeness (QED) is 0.828. The molecule has 2 heterocycles. The van der Waals surface area contributed by atoms with Crippen LogP contribution in [0.1, 0.15) is 17.0 Å². The summed E-state index contributed by atoms with van der Waals surface area (Å²) in [6.45, 7) is 5.56. The van der Waals surface area contributed by atoms with Crippen LogP contribution in [0.5, 0.6) is 0 Å². The maximum Gasteiger partial charge on any atom is 0.0862 e. The first-order valence-electron chi connectivity index (χ1n) is 7.02. The van der Waals surface area contributed by atoms with Gasteiger partial charge in [-0.2, -0.15) is 5.10 Å². The fourth-order valence-electron chi connectivity index (χ4n) is 2.37. The number of likely N-dealkylation sites (N-methyl/N-ethyl adjacent to an activating group) is 1. The lowest BCUT2D eigenvalue weighted by atomic mass is 10.2. The van der Waals surface area contributed by atoms with Crippen molar-refractivity contribution in [2.24, 2.45) is 0 Å². The Balaban J connectivity index is 1.89. The molecule has 0 fully saturated rings. The Bertz CT molecular complexity index is 581. The molecule has 1 unspecified atom stereocenters. The molecule has 0 radical (unpaired) electrons. The number of nitrogen functional groups attached to an aromatic ring is 1. The molecule has 114 valence electrons. The molecule has 0 saturated heterocycles. The Morgan fingerprint density at radius 3 is 2.76 bits per heavy atom. The lowest BCUT2D eigenvalue weighted by molar-refractivity contribution is 0.103. The summed E-state index contributed by atoms with van der Waals surface area (Å²) in [5.74, 6) is 0. The highest BCUT2D eigenvalue weighted by Gasteiger charge is 2.14. The number of aliphatic hydroxyl groups is 1. The first-order chi connectivity index (χ1) is 9.97. The Hall–Kier alpha value is -1.92. The number of aromatic nitrogens is 3. The average Bonchev–Trinajstić information content (AvgIpc) is 2.67. The normalized spacial score (nSPS) is 12.8. The van der Waals surface area contributed by atoms with E-state index in [1.54, 1.807) is 10.9 Å². The van der Waals surface area contributed by atoms with Gasteiger partial charge in [-0.3, -0.25) is 14.6 Å². The summed E-state index contributed by atoms with van der Waals surface area (Å²) < 4.78 is 1.77. The maximum absolute atomic E-state index is 10.2. The van der Waals surface area contributed by atoms with Crippen molar-refractivity contribution in [2.45, 2.75) is 33.0 Å². The molecule has 0 aliphatic rings. The van der Waals surface area contributed by atoms with Gasteiger partial charge in [0.05, 0.1) is 29.7 Å². The second-order valence-corrected chi connectivity index (χ2v) is 5.48. The standard InChI is InChI=1S/C15H23N5O/c1-11-15(16)12(2)20(18-11)10-14(21)9-19(3)8-13-5-4-6-17-7-13/h4-7,14,21H,8-10,16H2,1-3H3. The SMILES string of the molecule is Cc1nn(CC(O)CN(C)Cc2cccnc2)c(C)c1N. The number of aliphatic hydroxyl groups excluding tert-OH is 1. The van der Waals surface area contributed by atoms with E-state index in [4.69, 9.17) is 5.73 Å². The topological polar surface area (TPSA) is 80.2 Å². The number of nitrogens with zero attached hydrogens (tertiary/aromatic N) is 4. The molecule has 0 aromatic carbocycles. The minimum Gasteiger partial charge on any atom is -0.396 e. The van der Waals surface area contributed by atoms with Crippen LogP contribution < -0.4 is 5.73 Å². The van der Waals surface area contributed by atoms with Gasteiger partial charge >= 0.3 is 0 Å². The van der Waals surface area contributed by atoms with E-state index in [0.29, 0.717) is 18.8 Å². The van der Waals surface area contributed by atoms with E-state index < -0.39 is 6.10 Å². The average molecular weight is 289 g/mol. The van der Waals surface area contributed by atoms with Crippen LogP contribution in [0.4, 0.5) is 5.69 Å². The second-order valence-electron chi connectivity index (χ2n) is 5.48. The largest absolute Gasteiger partial charge is 0.396 e. The molecule has 0 saturated carbocycles. The molecule has 0 aliphatic heterocycles. The van der Waals surface area contributed by atoms with E-state index in [2.05, 4.69) is 15.0 Å². The van der Waals surface area contributed by atoms with Crippen molar-refractivity contribution >= 4 is 5.69 Å². The van der Waals surface area contributed by atoms with Crippen molar-refractivity contribution in [3.05, 3.63) is 41.5 Å². The van der Waals surface area contributed by atoms with E-state index >= 15 is 0 Å². The monoisotopic (exact) mass is 289 g/mol. The molecule has 6 nitrogen and oxygen atoms in total. The van der Waals surface area contributed by atoms with Crippen LogP contribution in [0.3, 0.4) is 0 Å². The molecule has 0 bridgehead atoms. The molecule has 0 amide bonds. The van der Waals surface area contributed by atoms with Gasteiger partial charge in [0.2, 0.25) is 0 Å². The van der Waals surface area contributed by atoms with Gasteiger partial charge in [0.1, 0.15) is 0 Å². The van der Waals surface area contributed by atoms with Crippen LogP contribution in [0.2, 0.25) is 0 Å². The van der Waals surface area contributed by atoms with Gasteiger partial charge < -0.3 is 10.8 Å². The van der Waals surface area contributed by atoms with E-state index in [0.717, 1.165) is 23.5 Å². The van der Waals surface area contributed by atoms with Crippen molar-refractivity contribution in [1.29, 1.82) is 0 Å². The van der Waals surface area contributed by atoms with Crippen LogP contribution >= 0.6 is 0 Å². The molecule has 6 heteroatoms. The van der Waals surface area contributed by atoms with Gasteiger partial charge in [0, 0.05) is 25.5 Å². The van der Waals surface area contributed by atoms with E-state index in [9.17, 15) is 5.11 Å². The van der Waals surface area contributed by atoms with E-state index in [1.807, 2.05) is 39.2 Å². The van der Waals surface area contributed by atoms with Gasteiger partial charge in [-0.1, -0.05) is 6.07 Å². The lowest BCUT2D eigenvalue weighted by Gasteiger charge is -2.21. The Morgan fingerprint density at radius 2 is 2.19 bits per heavy atom. The fourth-order valence-corrected chi connectivity index (χ4v) is 2.37. The van der Waals surface area contributed by atoms with Crippen LogP contribution in [-0.2, 0) is 13.1 Å². The lowest BCUT2D eigenvalue weighted by Crippen LogP contribution is -2.32. The zero-order chi connectivity index (χ0) is 15.4. The predicted octanol–water partition coefficient (Wildman–Crippen LogP) is 0.970. The Morgan fingerprint density at radius 1 is 1.43 bits per heavy atom. The maximum atomic E-state index is 10.2. The summed E-state index contributed by atoms with van der Waals surface area (Å²) in [6.07, 6.45) is 3.10. The van der Waals surface area contributed by atoms with Crippen molar-refractivity contribution < 1.29 is 5.11 Å². The third-order valence-corrected chi connectivity index (χ3v) is 3.52. The van der Waals surface area contributed by atoms with Crippen molar-refractivity contribution in [3.8, 4) is 0 Å². The predicted molar refractivity (Wildman–Crippen MR) is 82.7 cm³/mol. The van der Waals surface area contributed by atoms with Crippen molar-refractivity contribution in [2.75, 3.05) is 19.3 Å². The van der Waals surface area contributed by atoms with Gasteiger partial charge in [0.15, 0.2) is 0 Å². The third-order valence-electron chi connectivity index (χ3n) is 3.52. The molecular formula is C15H23N5O. The van der Waals surface area contributed by atoms with Gasteiger partial charge in [-0.25, -0.2) is 0 Å². The molecule has 21 heavy (non-hydrogen) atoms. The van der Waals surface area contributed by atoms with Crippen LogP contribution in [0, 0.1) is 13.8 Å². The van der Waals surface area contributed by atoms with Gasteiger partial charge in [-0.05, 0) is 32.5 Å². The first-order valence-corrected chi connectivity index (χ1v) is 7.02. The highest BCUT2D eigenvalue weighted by Crippen LogP contribution is 2.15. The number of hydrogen-bond acceptors (Lipinski definition) is 5. The van der Waals surface area contributed by atoms with Crippen LogP contribution in [0.25, 0.3) is 0 Å². The number of pyridine rings is 1. The minimum atomic E-state index is -0.496. The first kappa shape index (κ1) is 15.5. The summed E-state index contributed by atoms with van der Waals surface area (Å²) in [7, 11) is 1.98. The van der Waals surface area contributed by atoms with Crippen molar-refractivity contribution in [1.82, 2.24) is 19.7 Å². The van der Waals surface area contributed by atoms with Crippen molar-refractivity contribution in [3.63, 3.8) is 0 Å². The molecule has 2 aromatic heterocycles. The van der Waals surface area contributed by atoms with Crippen LogP contribution in [-0.4, -0.2) is 44.5 Å². The molecule has 0 aliphatic carbocycles. The zero-order valence-corrected chi connectivity index (χ0v) is 12.8. The highest BCUT2D eigenvalue weighted by atomic mass is 16.3. The van der Waals surface area contributed by atoms with Gasteiger partial charge in [-0.15, -0.1) is 0 Å². The van der Waals surface area contributed by atoms with E-state index in [-0.39, 0.29) is 0 Å². The Labute approximate surface area is 125 Å².